The van der Waals surface area contributed by atoms with E-state index in [1.54, 1.807) is 55.5 Å². The number of anilines is 1. The summed E-state index contributed by atoms with van der Waals surface area (Å²) in [5, 5.41) is 2.62. The van der Waals surface area contributed by atoms with Gasteiger partial charge in [0, 0.05) is 5.69 Å². The Morgan fingerprint density at radius 3 is 2.07 bits per heavy atom. The third kappa shape index (κ3) is 4.18. The molecule has 150 valence electrons. The maximum absolute atomic E-state index is 12.8. The molecule has 1 N–H and O–H groups in total. The number of para-hydroxylation sites is 1. The van der Waals surface area contributed by atoms with E-state index in [0.717, 1.165) is 4.90 Å². The van der Waals surface area contributed by atoms with Crippen molar-refractivity contribution in [3.63, 3.8) is 0 Å². The zero-order valence-corrected chi connectivity index (χ0v) is 16.3. The minimum Gasteiger partial charge on any atom is -0.454 e. The standard InChI is InChI=1S/C22H22N2O5/c1-3-14(2)19(24-20(26)16-11-7-8-12-17(16)21(24)27)22(28)29-13-18(25)23-15-9-5-4-6-10-15/h4-12,14,19H,3,13H2,1-2H3,(H,23,25)/t14-,19-/m0/s1. The number of ether oxygens (including phenoxy) is 1. The van der Waals surface area contributed by atoms with Crippen LogP contribution < -0.4 is 5.32 Å². The molecule has 0 fully saturated rings. The van der Waals surface area contributed by atoms with Crippen LogP contribution in [0.2, 0.25) is 0 Å². The molecule has 3 amide bonds. The lowest BCUT2D eigenvalue weighted by Gasteiger charge is -2.28. The van der Waals surface area contributed by atoms with Crippen molar-refractivity contribution < 1.29 is 23.9 Å². The fourth-order valence-electron chi connectivity index (χ4n) is 3.22. The molecule has 7 nitrogen and oxygen atoms in total. The molecule has 2 aromatic rings. The van der Waals surface area contributed by atoms with Crippen molar-refractivity contribution in [1.29, 1.82) is 0 Å². The molecule has 2 atom stereocenters. The van der Waals surface area contributed by atoms with Crippen LogP contribution in [0.3, 0.4) is 0 Å². The number of esters is 1. The number of hydrogen-bond donors (Lipinski definition) is 1. The summed E-state index contributed by atoms with van der Waals surface area (Å²) >= 11 is 0. The van der Waals surface area contributed by atoms with E-state index in [2.05, 4.69) is 5.32 Å². The quantitative estimate of drug-likeness (QED) is 0.576. The Kier molecular flexibility index (Phi) is 6.07. The lowest BCUT2D eigenvalue weighted by Crippen LogP contribution is -2.49. The van der Waals surface area contributed by atoms with Crippen LogP contribution in [-0.4, -0.2) is 41.2 Å². The number of imide groups is 1. The number of nitrogens with one attached hydrogen (secondary N) is 1. The highest BCUT2D eigenvalue weighted by molar-refractivity contribution is 6.22. The molecule has 7 heteroatoms. The average molecular weight is 394 g/mol. The van der Waals surface area contributed by atoms with Gasteiger partial charge in [0.25, 0.3) is 17.7 Å². The largest absolute Gasteiger partial charge is 0.454 e. The molecule has 1 aliphatic heterocycles. The molecular formula is C22H22N2O5. The molecule has 0 bridgehead atoms. The SMILES string of the molecule is CC[C@H](C)[C@@H](C(=O)OCC(=O)Nc1ccccc1)N1C(=O)c2ccccc2C1=O. The van der Waals surface area contributed by atoms with E-state index in [4.69, 9.17) is 4.74 Å². The lowest BCUT2D eigenvalue weighted by molar-refractivity contribution is -0.152. The molecule has 0 aliphatic carbocycles. The fraction of sp³-hybridized carbons (Fsp3) is 0.273. The molecule has 0 saturated heterocycles. The monoisotopic (exact) mass is 394 g/mol. The molecule has 0 spiro atoms. The van der Waals surface area contributed by atoms with Gasteiger partial charge in [-0.05, 0) is 30.2 Å². The third-order valence-electron chi connectivity index (χ3n) is 4.93. The number of rotatable bonds is 7. The van der Waals surface area contributed by atoms with Gasteiger partial charge < -0.3 is 10.1 Å². The predicted molar refractivity (Wildman–Crippen MR) is 106 cm³/mol. The summed E-state index contributed by atoms with van der Waals surface area (Å²) in [7, 11) is 0. The van der Waals surface area contributed by atoms with Gasteiger partial charge in [-0.15, -0.1) is 0 Å². The van der Waals surface area contributed by atoms with E-state index in [1.807, 2.05) is 13.0 Å². The number of carbonyl (C=O) groups is 4. The van der Waals surface area contributed by atoms with Gasteiger partial charge in [-0.25, -0.2) is 4.79 Å². The summed E-state index contributed by atoms with van der Waals surface area (Å²) in [5.74, 6) is -2.67. The topological polar surface area (TPSA) is 92.8 Å². The number of nitrogens with zero attached hydrogens (tertiary/aromatic N) is 1. The first-order valence-electron chi connectivity index (χ1n) is 9.42. The van der Waals surface area contributed by atoms with Gasteiger partial charge >= 0.3 is 5.97 Å². The van der Waals surface area contributed by atoms with E-state index >= 15 is 0 Å². The minimum atomic E-state index is -1.10. The minimum absolute atomic E-state index is 0.264. The van der Waals surface area contributed by atoms with Crippen molar-refractivity contribution in [2.75, 3.05) is 11.9 Å². The molecule has 29 heavy (non-hydrogen) atoms. The van der Waals surface area contributed by atoms with Crippen LogP contribution in [-0.2, 0) is 14.3 Å². The molecular weight excluding hydrogens is 372 g/mol. The Labute approximate surface area is 168 Å². The van der Waals surface area contributed by atoms with Crippen molar-refractivity contribution in [3.05, 3.63) is 65.7 Å². The second kappa shape index (κ2) is 8.68. The van der Waals surface area contributed by atoms with Crippen molar-refractivity contribution in [1.82, 2.24) is 4.90 Å². The predicted octanol–water partition coefficient (Wildman–Crippen LogP) is 2.88. The molecule has 0 unspecified atom stereocenters. The van der Waals surface area contributed by atoms with E-state index < -0.39 is 36.3 Å². The van der Waals surface area contributed by atoms with Gasteiger partial charge in [-0.1, -0.05) is 50.6 Å². The fourth-order valence-corrected chi connectivity index (χ4v) is 3.22. The average Bonchev–Trinajstić information content (AvgIpc) is 2.98. The van der Waals surface area contributed by atoms with E-state index in [9.17, 15) is 19.2 Å². The van der Waals surface area contributed by atoms with Crippen molar-refractivity contribution in [2.24, 2.45) is 5.92 Å². The third-order valence-corrected chi connectivity index (χ3v) is 4.93. The smallest absolute Gasteiger partial charge is 0.330 e. The molecule has 3 rings (SSSR count). The summed E-state index contributed by atoms with van der Waals surface area (Å²) in [4.78, 5) is 51.3. The Morgan fingerprint density at radius 1 is 0.966 bits per heavy atom. The Bertz CT molecular complexity index is 906. The maximum Gasteiger partial charge on any atom is 0.330 e. The Balaban J connectivity index is 1.72. The number of fused-ring (bicyclic) bond motifs is 1. The van der Waals surface area contributed by atoms with Crippen molar-refractivity contribution in [3.8, 4) is 0 Å². The van der Waals surface area contributed by atoms with E-state index in [-0.39, 0.29) is 17.0 Å². The number of amides is 3. The molecule has 1 heterocycles. The first-order valence-corrected chi connectivity index (χ1v) is 9.42. The first kappa shape index (κ1) is 20.3. The summed E-state index contributed by atoms with van der Waals surface area (Å²) in [5.41, 5.74) is 1.10. The van der Waals surface area contributed by atoms with Crippen LogP contribution in [0.1, 0.15) is 41.0 Å². The second-order valence-corrected chi connectivity index (χ2v) is 6.88. The zero-order valence-electron chi connectivity index (χ0n) is 16.3. The van der Waals surface area contributed by atoms with Crippen LogP contribution in [0.4, 0.5) is 5.69 Å². The molecule has 0 radical (unpaired) electrons. The lowest BCUT2D eigenvalue weighted by atomic mass is 9.97. The van der Waals surface area contributed by atoms with Crippen molar-refractivity contribution in [2.45, 2.75) is 26.3 Å². The summed E-state index contributed by atoms with van der Waals surface area (Å²) < 4.78 is 5.17. The van der Waals surface area contributed by atoms with Gasteiger partial charge in [0.2, 0.25) is 0 Å². The van der Waals surface area contributed by atoms with Crippen LogP contribution in [0.25, 0.3) is 0 Å². The van der Waals surface area contributed by atoms with Crippen molar-refractivity contribution >= 4 is 29.4 Å². The second-order valence-electron chi connectivity index (χ2n) is 6.88. The van der Waals surface area contributed by atoms with Gasteiger partial charge in [0.1, 0.15) is 6.04 Å². The number of benzene rings is 2. The number of hydrogen-bond acceptors (Lipinski definition) is 5. The van der Waals surface area contributed by atoms with Crippen LogP contribution in [0.15, 0.2) is 54.6 Å². The van der Waals surface area contributed by atoms with Crippen LogP contribution >= 0.6 is 0 Å². The normalized spacial score (nSPS) is 14.9. The maximum atomic E-state index is 12.8. The van der Waals surface area contributed by atoms with Crippen LogP contribution in [0.5, 0.6) is 0 Å². The highest BCUT2D eigenvalue weighted by Crippen LogP contribution is 2.28. The molecule has 1 aliphatic rings. The molecule has 2 aromatic carbocycles. The van der Waals surface area contributed by atoms with Gasteiger partial charge in [-0.3, -0.25) is 19.3 Å². The van der Waals surface area contributed by atoms with Gasteiger partial charge in [0.15, 0.2) is 6.61 Å². The zero-order chi connectivity index (χ0) is 21.0. The molecule has 0 aromatic heterocycles. The summed E-state index contributed by atoms with van der Waals surface area (Å²) in [6.07, 6.45) is 0.545. The van der Waals surface area contributed by atoms with E-state index in [0.29, 0.717) is 12.1 Å². The highest BCUT2D eigenvalue weighted by Gasteiger charge is 2.45. The Hall–Kier alpha value is -3.48. The number of carbonyl (C=O) groups excluding carboxylic acids is 4. The molecule has 0 saturated carbocycles. The summed E-state index contributed by atoms with van der Waals surface area (Å²) in [6.45, 7) is 3.11. The summed E-state index contributed by atoms with van der Waals surface area (Å²) in [6, 6.07) is 14.1. The van der Waals surface area contributed by atoms with E-state index in [1.165, 1.54) is 0 Å². The Morgan fingerprint density at radius 2 is 1.52 bits per heavy atom. The van der Waals surface area contributed by atoms with Gasteiger partial charge in [0.05, 0.1) is 11.1 Å². The highest BCUT2D eigenvalue weighted by atomic mass is 16.5. The van der Waals surface area contributed by atoms with Gasteiger partial charge in [-0.2, -0.15) is 0 Å². The van der Waals surface area contributed by atoms with Crippen LogP contribution in [0, 0.1) is 5.92 Å². The first-order chi connectivity index (χ1) is 13.9.